The van der Waals surface area contributed by atoms with Crippen LogP contribution in [0.4, 0.5) is 5.69 Å². The van der Waals surface area contributed by atoms with E-state index in [0.717, 1.165) is 11.3 Å². The lowest BCUT2D eigenvalue weighted by Crippen LogP contribution is -2.37. The molecular formula is C17H20N2O. The second-order valence-electron chi connectivity index (χ2n) is 4.94. The molecule has 0 spiro atoms. The van der Waals surface area contributed by atoms with Gasteiger partial charge in [0, 0.05) is 12.2 Å². The van der Waals surface area contributed by atoms with Crippen LogP contribution in [0.5, 0.6) is 0 Å². The van der Waals surface area contributed by atoms with Crippen molar-refractivity contribution in [1.82, 2.24) is 5.32 Å². The van der Waals surface area contributed by atoms with Gasteiger partial charge in [-0.1, -0.05) is 42.5 Å². The first-order valence-electron chi connectivity index (χ1n) is 6.80. The SMILES string of the molecule is Cc1cccc(N[C@H](C)C(=O)NCc2ccccc2)c1. The predicted molar refractivity (Wildman–Crippen MR) is 82.6 cm³/mol. The van der Waals surface area contributed by atoms with E-state index in [9.17, 15) is 4.79 Å². The fraction of sp³-hybridized carbons (Fsp3) is 0.235. The third kappa shape index (κ3) is 4.12. The molecule has 0 bridgehead atoms. The van der Waals surface area contributed by atoms with Crippen LogP contribution in [0.25, 0.3) is 0 Å². The fourth-order valence-corrected chi connectivity index (χ4v) is 1.99. The van der Waals surface area contributed by atoms with Crippen LogP contribution in [0.2, 0.25) is 0 Å². The van der Waals surface area contributed by atoms with Crippen molar-refractivity contribution in [3.8, 4) is 0 Å². The van der Waals surface area contributed by atoms with E-state index in [4.69, 9.17) is 0 Å². The molecule has 0 heterocycles. The summed E-state index contributed by atoms with van der Waals surface area (Å²) >= 11 is 0. The van der Waals surface area contributed by atoms with Gasteiger partial charge < -0.3 is 10.6 Å². The maximum absolute atomic E-state index is 12.0. The number of aryl methyl sites for hydroxylation is 1. The highest BCUT2D eigenvalue weighted by molar-refractivity contribution is 5.84. The molecule has 0 aliphatic rings. The Morgan fingerprint density at radius 3 is 2.55 bits per heavy atom. The molecule has 3 heteroatoms. The minimum absolute atomic E-state index is 0.00430. The Balaban J connectivity index is 1.86. The van der Waals surface area contributed by atoms with E-state index >= 15 is 0 Å². The minimum atomic E-state index is -0.263. The lowest BCUT2D eigenvalue weighted by Gasteiger charge is -2.15. The van der Waals surface area contributed by atoms with Crippen molar-refractivity contribution in [3.63, 3.8) is 0 Å². The molecule has 104 valence electrons. The van der Waals surface area contributed by atoms with Crippen molar-refractivity contribution in [3.05, 3.63) is 65.7 Å². The van der Waals surface area contributed by atoms with E-state index < -0.39 is 0 Å². The van der Waals surface area contributed by atoms with Crippen LogP contribution in [0, 0.1) is 6.92 Å². The molecule has 1 amide bonds. The monoisotopic (exact) mass is 268 g/mol. The van der Waals surface area contributed by atoms with Crippen LogP contribution >= 0.6 is 0 Å². The van der Waals surface area contributed by atoms with Crippen LogP contribution in [0.1, 0.15) is 18.1 Å². The van der Waals surface area contributed by atoms with Crippen molar-refractivity contribution in [2.24, 2.45) is 0 Å². The van der Waals surface area contributed by atoms with Gasteiger partial charge in [-0.15, -0.1) is 0 Å². The Morgan fingerprint density at radius 1 is 1.10 bits per heavy atom. The molecule has 0 saturated carbocycles. The second-order valence-corrected chi connectivity index (χ2v) is 4.94. The van der Waals surface area contributed by atoms with Crippen molar-refractivity contribution < 1.29 is 4.79 Å². The zero-order valence-electron chi connectivity index (χ0n) is 11.9. The first-order chi connectivity index (χ1) is 9.65. The topological polar surface area (TPSA) is 41.1 Å². The van der Waals surface area contributed by atoms with Gasteiger partial charge in [0.15, 0.2) is 0 Å². The van der Waals surface area contributed by atoms with E-state index in [1.807, 2.05) is 68.4 Å². The summed E-state index contributed by atoms with van der Waals surface area (Å²) in [5, 5.41) is 6.14. The Hall–Kier alpha value is -2.29. The summed E-state index contributed by atoms with van der Waals surface area (Å²) in [6.07, 6.45) is 0. The standard InChI is InChI=1S/C17H20N2O/c1-13-7-6-10-16(11-13)19-14(2)17(20)18-12-15-8-4-3-5-9-15/h3-11,14,19H,12H2,1-2H3,(H,18,20)/t14-/m1/s1. The molecule has 2 N–H and O–H groups in total. The first kappa shape index (κ1) is 14.1. The van der Waals surface area contributed by atoms with Crippen LogP contribution in [0.15, 0.2) is 54.6 Å². The van der Waals surface area contributed by atoms with Gasteiger partial charge in [0.1, 0.15) is 6.04 Å². The zero-order valence-corrected chi connectivity index (χ0v) is 11.9. The van der Waals surface area contributed by atoms with Gasteiger partial charge in [-0.2, -0.15) is 0 Å². The van der Waals surface area contributed by atoms with Gasteiger partial charge >= 0.3 is 0 Å². The maximum Gasteiger partial charge on any atom is 0.242 e. The van der Waals surface area contributed by atoms with Gasteiger partial charge in [0.25, 0.3) is 0 Å². The summed E-state index contributed by atoms with van der Waals surface area (Å²) in [6.45, 7) is 4.45. The Kier molecular flexibility index (Phi) is 4.77. The third-order valence-corrected chi connectivity index (χ3v) is 3.10. The highest BCUT2D eigenvalue weighted by Gasteiger charge is 2.11. The number of hydrogen-bond donors (Lipinski definition) is 2. The second kappa shape index (κ2) is 6.75. The number of nitrogens with one attached hydrogen (secondary N) is 2. The number of anilines is 1. The number of amides is 1. The number of hydrogen-bond acceptors (Lipinski definition) is 2. The van der Waals surface area contributed by atoms with E-state index in [2.05, 4.69) is 10.6 Å². The molecule has 20 heavy (non-hydrogen) atoms. The molecule has 3 nitrogen and oxygen atoms in total. The largest absolute Gasteiger partial charge is 0.374 e. The smallest absolute Gasteiger partial charge is 0.242 e. The highest BCUT2D eigenvalue weighted by Crippen LogP contribution is 2.10. The molecule has 2 aromatic rings. The summed E-state index contributed by atoms with van der Waals surface area (Å²) in [5.41, 5.74) is 3.24. The van der Waals surface area contributed by atoms with Crippen LogP contribution < -0.4 is 10.6 Å². The van der Waals surface area contributed by atoms with Crippen molar-refractivity contribution in [1.29, 1.82) is 0 Å². The van der Waals surface area contributed by atoms with Gasteiger partial charge in [-0.3, -0.25) is 4.79 Å². The molecule has 0 saturated heterocycles. The Labute approximate surface area is 120 Å². The molecule has 2 aromatic carbocycles. The van der Waals surface area contributed by atoms with E-state index in [-0.39, 0.29) is 11.9 Å². The first-order valence-corrected chi connectivity index (χ1v) is 6.80. The number of carbonyl (C=O) groups is 1. The van der Waals surface area contributed by atoms with E-state index in [0.29, 0.717) is 6.54 Å². The third-order valence-electron chi connectivity index (χ3n) is 3.10. The highest BCUT2D eigenvalue weighted by atomic mass is 16.2. The fourth-order valence-electron chi connectivity index (χ4n) is 1.99. The van der Waals surface area contributed by atoms with Crippen LogP contribution in [-0.4, -0.2) is 11.9 Å². The lowest BCUT2D eigenvalue weighted by molar-refractivity contribution is -0.121. The summed E-state index contributed by atoms with van der Waals surface area (Å²) in [4.78, 5) is 12.0. The molecule has 1 atom stereocenters. The Morgan fingerprint density at radius 2 is 1.85 bits per heavy atom. The summed E-state index contributed by atoms with van der Waals surface area (Å²) in [6, 6.07) is 17.6. The molecule has 0 radical (unpaired) electrons. The number of rotatable bonds is 5. The summed E-state index contributed by atoms with van der Waals surface area (Å²) in [7, 11) is 0. The zero-order chi connectivity index (χ0) is 14.4. The van der Waals surface area contributed by atoms with Crippen LogP contribution in [0.3, 0.4) is 0 Å². The van der Waals surface area contributed by atoms with Crippen molar-refractivity contribution in [2.45, 2.75) is 26.4 Å². The van der Waals surface area contributed by atoms with Crippen molar-refractivity contribution >= 4 is 11.6 Å². The van der Waals surface area contributed by atoms with Gasteiger partial charge in [0.05, 0.1) is 0 Å². The Bertz CT molecular complexity index is 566. The summed E-state index contributed by atoms with van der Waals surface area (Å²) in [5.74, 6) is -0.00430. The van der Waals surface area contributed by atoms with Gasteiger partial charge in [-0.25, -0.2) is 0 Å². The van der Waals surface area contributed by atoms with E-state index in [1.165, 1.54) is 5.56 Å². The number of benzene rings is 2. The van der Waals surface area contributed by atoms with Crippen molar-refractivity contribution in [2.75, 3.05) is 5.32 Å². The molecule has 0 aromatic heterocycles. The van der Waals surface area contributed by atoms with Crippen LogP contribution in [-0.2, 0) is 11.3 Å². The lowest BCUT2D eigenvalue weighted by atomic mass is 10.2. The molecule has 0 aliphatic heterocycles. The quantitative estimate of drug-likeness (QED) is 0.875. The molecular weight excluding hydrogens is 248 g/mol. The van der Waals surface area contributed by atoms with Gasteiger partial charge in [-0.05, 0) is 37.1 Å². The maximum atomic E-state index is 12.0. The average molecular weight is 268 g/mol. The molecule has 2 rings (SSSR count). The van der Waals surface area contributed by atoms with E-state index in [1.54, 1.807) is 0 Å². The summed E-state index contributed by atoms with van der Waals surface area (Å²) < 4.78 is 0. The molecule has 0 aliphatic carbocycles. The predicted octanol–water partition coefficient (Wildman–Crippen LogP) is 3.11. The normalized spacial score (nSPS) is 11.7. The minimum Gasteiger partial charge on any atom is -0.374 e. The molecule has 0 fully saturated rings. The molecule has 0 unspecified atom stereocenters. The number of carbonyl (C=O) groups excluding carboxylic acids is 1. The average Bonchev–Trinajstić information content (AvgIpc) is 2.46. The van der Waals surface area contributed by atoms with Gasteiger partial charge in [0.2, 0.25) is 5.91 Å².